The number of azo groups is 1. The van der Waals surface area contributed by atoms with Crippen molar-refractivity contribution in [3.8, 4) is 0 Å². The molecule has 1 N–H and O–H groups in total. The maximum Gasteiger partial charge on any atom is 0.257 e. The number of benzene rings is 2. The molecule has 2 aromatic carbocycles. The summed E-state index contributed by atoms with van der Waals surface area (Å²) in [6, 6.07) is 15.1. The van der Waals surface area contributed by atoms with Crippen LogP contribution in [0.3, 0.4) is 0 Å². The summed E-state index contributed by atoms with van der Waals surface area (Å²) in [7, 11) is 0. The number of hydrogen-bond acceptors (Lipinski definition) is 4. The van der Waals surface area contributed by atoms with E-state index in [-0.39, 0.29) is 5.91 Å². The van der Waals surface area contributed by atoms with Crippen molar-refractivity contribution in [2.24, 2.45) is 10.2 Å². The van der Waals surface area contributed by atoms with Gasteiger partial charge in [-0.05, 0) is 65.7 Å². The Balaban J connectivity index is 1.86. The molecule has 0 aliphatic rings. The van der Waals surface area contributed by atoms with Gasteiger partial charge in [-0.1, -0.05) is 23.8 Å². The molecular formula is C20H17BrN4O. The smallest absolute Gasteiger partial charge is 0.257 e. The molecule has 3 aromatic rings. The highest BCUT2D eigenvalue weighted by Gasteiger charge is 2.10. The average Bonchev–Trinajstić information content (AvgIpc) is 2.63. The van der Waals surface area contributed by atoms with Crippen LogP contribution in [0.4, 0.5) is 17.1 Å². The van der Waals surface area contributed by atoms with Crippen LogP contribution in [0.25, 0.3) is 0 Å². The number of nitrogens with one attached hydrogen (secondary N) is 1. The number of amides is 1. The third-order valence-corrected chi connectivity index (χ3v) is 4.11. The lowest BCUT2D eigenvalue weighted by molar-refractivity contribution is 0.102. The van der Waals surface area contributed by atoms with Crippen molar-refractivity contribution in [3.05, 3.63) is 82.1 Å². The van der Waals surface area contributed by atoms with Gasteiger partial charge >= 0.3 is 0 Å². The Morgan fingerprint density at radius 1 is 0.962 bits per heavy atom. The number of aryl methyl sites for hydroxylation is 2. The molecule has 3 rings (SSSR count). The van der Waals surface area contributed by atoms with E-state index in [2.05, 4.69) is 36.5 Å². The maximum absolute atomic E-state index is 12.5. The van der Waals surface area contributed by atoms with Gasteiger partial charge in [0.15, 0.2) is 0 Å². The van der Waals surface area contributed by atoms with Crippen LogP contribution in [0, 0.1) is 13.8 Å². The van der Waals surface area contributed by atoms with E-state index >= 15 is 0 Å². The van der Waals surface area contributed by atoms with E-state index in [1.165, 1.54) is 6.20 Å². The van der Waals surface area contributed by atoms with Gasteiger partial charge in [0.2, 0.25) is 0 Å². The van der Waals surface area contributed by atoms with Gasteiger partial charge in [0.05, 0.1) is 16.9 Å². The lowest BCUT2D eigenvalue weighted by atomic mass is 10.2. The van der Waals surface area contributed by atoms with Crippen LogP contribution < -0.4 is 5.32 Å². The summed E-state index contributed by atoms with van der Waals surface area (Å²) < 4.78 is 0.744. The number of aromatic nitrogens is 1. The third kappa shape index (κ3) is 4.61. The van der Waals surface area contributed by atoms with Crippen LogP contribution in [0.15, 0.2) is 75.6 Å². The topological polar surface area (TPSA) is 66.7 Å². The second-order valence-corrected chi connectivity index (χ2v) is 6.82. The Hall–Kier alpha value is -2.86. The number of carbonyl (C=O) groups excluding carboxylic acids is 1. The minimum absolute atomic E-state index is 0.255. The number of hydrogen-bond donors (Lipinski definition) is 1. The van der Waals surface area contributed by atoms with Crippen LogP contribution in [0.5, 0.6) is 0 Å². The Bertz CT molecular complexity index is 968. The summed E-state index contributed by atoms with van der Waals surface area (Å²) in [5.74, 6) is -0.255. The lowest BCUT2D eigenvalue weighted by Gasteiger charge is -2.08. The Morgan fingerprint density at radius 2 is 1.69 bits per heavy atom. The van der Waals surface area contributed by atoms with Crippen molar-refractivity contribution in [2.45, 2.75) is 13.8 Å². The molecular weight excluding hydrogens is 392 g/mol. The molecule has 26 heavy (non-hydrogen) atoms. The number of halogens is 1. The highest BCUT2D eigenvalue weighted by atomic mass is 79.9. The first-order valence-corrected chi connectivity index (χ1v) is 8.81. The van der Waals surface area contributed by atoms with Crippen molar-refractivity contribution in [2.75, 3.05) is 5.32 Å². The molecule has 130 valence electrons. The zero-order chi connectivity index (χ0) is 18.5. The van der Waals surface area contributed by atoms with Gasteiger partial charge < -0.3 is 5.32 Å². The zero-order valence-corrected chi connectivity index (χ0v) is 16.0. The summed E-state index contributed by atoms with van der Waals surface area (Å²) in [5, 5.41) is 11.5. The molecule has 0 saturated carbocycles. The molecule has 0 aliphatic heterocycles. The fourth-order valence-electron chi connectivity index (χ4n) is 2.28. The molecule has 0 radical (unpaired) electrons. The molecule has 5 nitrogen and oxygen atoms in total. The lowest BCUT2D eigenvalue weighted by Crippen LogP contribution is -2.12. The summed E-state index contributed by atoms with van der Waals surface area (Å²) in [6.07, 6.45) is 3.14. The molecule has 0 aliphatic carbocycles. The number of anilines is 1. The van der Waals surface area contributed by atoms with E-state index in [0.717, 1.165) is 21.3 Å². The van der Waals surface area contributed by atoms with Crippen molar-refractivity contribution < 1.29 is 4.79 Å². The number of pyridine rings is 1. The first kappa shape index (κ1) is 17.9. The average molecular weight is 409 g/mol. The first-order valence-electron chi connectivity index (χ1n) is 8.02. The van der Waals surface area contributed by atoms with Gasteiger partial charge in [-0.3, -0.25) is 9.78 Å². The van der Waals surface area contributed by atoms with E-state index in [4.69, 9.17) is 0 Å². The van der Waals surface area contributed by atoms with E-state index in [9.17, 15) is 4.79 Å². The number of carbonyl (C=O) groups is 1. The van der Waals surface area contributed by atoms with Crippen molar-refractivity contribution >= 4 is 38.9 Å². The van der Waals surface area contributed by atoms with Crippen LogP contribution in [0.2, 0.25) is 0 Å². The van der Waals surface area contributed by atoms with E-state index in [0.29, 0.717) is 16.9 Å². The molecule has 1 amide bonds. The Kier molecular flexibility index (Phi) is 5.53. The van der Waals surface area contributed by atoms with Crippen LogP contribution in [0.1, 0.15) is 21.5 Å². The zero-order valence-electron chi connectivity index (χ0n) is 14.4. The predicted molar refractivity (Wildman–Crippen MR) is 106 cm³/mol. The van der Waals surface area contributed by atoms with Gasteiger partial charge in [-0.15, -0.1) is 5.11 Å². The summed E-state index contributed by atoms with van der Waals surface area (Å²) in [5.41, 5.74) is 4.60. The summed E-state index contributed by atoms with van der Waals surface area (Å²) >= 11 is 3.32. The van der Waals surface area contributed by atoms with Gasteiger partial charge in [0.25, 0.3) is 5.91 Å². The minimum Gasteiger partial charge on any atom is -0.320 e. The second kappa shape index (κ2) is 8.01. The summed E-state index contributed by atoms with van der Waals surface area (Å²) in [4.78, 5) is 16.5. The van der Waals surface area contributed by atoms with Gasteiger partial charge in [-0.2, -0.15) is 5.11 Å². The van der Waals surface area contributed by atoms with Crippen molar-refractivity contribution in [1.82, 2.24) is 4.98 Å². The van der Waals surface area contributed by atoms with Crippen LogP contribution >= 0.6 is 15.9 Å². The van der Waals surface area contributed by atoms with E-state index in [1.54, 1.807) is 12.3 Å². The predicted octanol–water partition coefficient (Wildman–Crippen LogP) is 6.13. The standard InChI is InChI=1S/C20H17BrN4O/c1-13-3-6-17(7-4-13)24-25-19-9-14(2)5-8-18(19)23-20(26)15-10-16(21)12-22-11-15/h3-12H,1-2H3,(H,23,26). The molecule has 0 saturated heterocycles. The molecule has 6 heteroatoms. The van der Waals surface area contributed by atoms with Gasteiger partial charge in [0, 0.05) is 16.9 Å². The maximum atomic E-state index is 12.5. The summed E-state index contributed by atoms with van der Waals surface area (Å²) in [6.45, 7) is 3.99. The molecule has 0 bridgehead atoms. The highest BCUT2D eigenvalue weighted by Crippen LogP contribution is 2.29. The molecule has 1 heterocycles. The monoisotopic (exact) mass is 408 g/mol. The molecule has 0 fully saturated rings. The van der Waals surface area contributed by atoms with Gasteiger partial charge in [-0.25, -0.2) is 0 Å². The largest absolute Gasteiger partial charge is 0.320 e. The minimum atomic E-state index is -0.255. The van der Waals surface area contributed by atoms with E-state index in [1.807, 2.05) is 56.3 Å². The van der Waals surface area contributed by atoms with E-state index < -0.39 is 0 Å². The first-order chi connectivity index (χ1) is 12.5. The fraction of sp³-hybridized carbons (Fsp3) is 0.100. The fourth-order valence-corrected chi connectivity index (χ4v) is 2.65. The number of nitrogens with zero attached hydrogens (tertiary/aromatic N) is 3. The van der Waals surface area contributed by atoms with Crippen LogP contribution in [-0.4, -0.2) is 10.9 Å². The normalized spacial score (nSPS) is 10.9. The van der Waals surface area contributed by atoms with Crippen molar-refractivity contribution in [1.29, 1.82) is 0 Å². The van der Waals surface area contributed by atoms with Crippen LogP contribution in [-0.2, 0) is 0 Å². The quantitative estimate of drug-likeness (QED) is 0.527. The van der Waals surface area contributed by atoms with Gasteiger partial charge in [0.1, 0.15) is 5.69 Å². The highest BCUT2D eigenvalue weighted by molar-refractivity contribution is 9.10. The molecule has 1 aromatic heterocycles. The Morgan fingerprint density at radius 3 is 2.42 bits per heavy atom. The second-order valence-electron chi connectivity index (χ2n) is 5.90. The SMILES string of the molecule is Cc1ccc(N=Nc2cc(C)ccc2NC(=O)c2cncc(Br)c2)cc1. The third-order valence-electron chi connectivity index (χ3n) is 3.68. The number of rotatable bonds is 4. The Labute approximate surface area is 160 Å². The molecule has 0 atom stereocenters. The molecule has 0 unspecified atom stereocenters. The molecule has 0 spiro atoms. The van der Waals surface area contributed by atoms with Crippen molar-refractivity contribution in [3.63, 3.8) is 0 Å².